The number of hydrogen-bond acceptors (Lipinski definition) is 6. The number of nitrogens with zero attached hydrogens (tertiary/aromatic N) is 3. The Balaban J connectivity index is 1.69. The monoisotopic (exact) mass is 421 g/mol. The average Bonchev–Trinajstić information content (AvgIpc) is 3.16. The van der Waals surface area contributed by atoms with E-state index in [2.05, 4.69) is 20.4 Å². The van der Waals surface area contributed by atoms with E-state index in [9.17, 15) is 14.4 Å². The quantitative estimate of drug-likeness (QED) is 0.470. The van der Waals surface area contributed by atoms with E-state index in [4.69, 9.17) is 0 Å². The van der Waals surface area contributed by atoms with Crippen molar-refractivity contribution in [3.05, 3.63) is 64.5 Å². The third kappa shape index (κ3) is 3.50. The highest BCUT2D eigenvalue weighted by Gasteiger charge is 2.36. The van der Waals surface area contributed by atoms with E-state index >= 15 is 0 Å². The summed E-state index contributed by atoms with van der Waals surface area (Å²) < 4.78 is 6.65. The van der Waals surface area contributed by atoms with Gasteiger partial charge >= 0.3 is 5.97 Å². The third-order valence-corrected chi connectivity index (χ3v) is 5.90. The molecule has 1 saturated heterocycles. The molecule has 7 nitrogen and oxygen atoms in total. The molecule has 0 spiro atoms. The van der Waals surface area contributed by atoms with Crippen molar-refractivity contribution in [3.63, 3.8) is 0 Å². The van der Waals surface area contributed by atoms with Crippen LogP contribution in [-0.2, 0) is 14.3 Å². The molecule has 3 aromatic rings. The van der Waals surface area contributed by atoms with Gasteiger partial charge in [-0.3, -0.25) is 24.3 Å². The topological polar surface area (TPSA) is 81.5 Å². The highest BCUT2D eigenvalue weighted by atomic mass is 32.2. The fraction of sp³-hybridized carbons (Fsp3) is 0.182. The van der Waals surface area contributed by atoms with Gasteiger partial charge in [0.1, 0.15) is 6.54 Å². The zero-order valence-electron chi connectivity index (χ0n) is 16.7. The molecular weight excluding hydrogens is 402 g/mol. The van der Waals surface area contributed by atoms with Crippen LogP contribution in [0.1, 0.15) is 17.0 Å². The molecule has 0 aliphatic carbocycles. The molecular formula is C22H19N3O4S. The van der Waals surface area contributed by atoms with Crippen molar-refractivity contribution in [2.45, 2.75) is 13.8 Å². The normalized spacial score (nSPS) is 15.4. The second-order valence-electron chi connectivity index (χ2n) is 6.89. The predicted octanol–water partition coefficient (Wildman–Crippen LogP) is 3.85. The average molecular weight is 421 g/mol. The standard InChI is InChI=1S/C22H19N3O4S/c1-13-9-16(11-19-21(27)24(22(28)30-19)12-20(26)29-3)14(2)25(13)17-6-7-18-15(10-17)5-4-8-23-18/h4-11H,12H2,1-3H3. The van der Waals surface area contributed by atoms with Crippen molar-refractivity contribution in [1.82, 2.24) is 14.5 Å². The number of carbonyl (C=O) groups excluding carboxylic acids is 3. The van der Waals surface area contributed by atoms with E-state index in [-0.39, 0.29) is 11.4 Å². The number of thioether (sulfide) groups is 1. The highest BCUT2D eigenvalue weighted by Crippen LogP contribution is 2.34. The smallest absolute Gasteiger partial charge is 0.325 e. The molecule has 0 unspecified atom stereocenters. The maximum atomic E-state index is 12.6. The van der Waals surface area contributed by atoms with Crippen LogP contribution in [0.3, 0.4) is 0 Å². The fourth-order valence-electron chi connectivity index (χ4n) is 3.50. The molecule has 1 aromatic carbocycles. The fourth-order valence-corrected chi connectivity index (χ4v) is 4.33. The lowest BCUT2D eigenvalue weighted by atomic mass is 10.2. The first-order valence-electron chi connectivity index (χ1n) is 9.25. The molecule has 1 aliphatic heterocycles. The second kappa shape index (κ2) is 7.79. The van der Waals surface area contributed by atoms with E-state index < -0.39 is 17.1 Å². The van der Waals surface area contributed by atoms with Gasteiger partial charge in [0.25, 0.3) is 11.1 Å². The Morgan fingerprint density at radius 2 is 2.00 bits per heavy atom. The molecule has 0 atom stereocenters. The minimum atomic E-state index is -0.637. The molecule has 8 heteroatoms. The summed E-state index contributed by atoms with van der Waals surface area (Å²) in [5, 5.41) is 0.556. The number of hydrogen-bond donors (Lipinski definition) is 0. The Labute approximate surface area is 177 Å². The maximum absolute atomic E-state index is 12.6. The summed E-state index contributed by atoms with van der Waals surface area (Å²) in [5.41, 5.74) is 4.68. The number of benzene rings is 1. The number of aromatic nitrogens is 2. The summed E-state index contributed by atoms with van der Waals surface area (Å²) in [7, 11) is 1.22. The predicted molar refractivity (Wildman–Crippen MR) is 115 cm³/mol. The van der Waals surface area contributed by atoms with Gasteiger partial charge in [-0.05, 0) is 67.6 Å². The number of esters is 1. The van der Waals surface area contributed by atoms with Gasteiger partial charge in [-0.1, -0.05) is 6.07 Å². The van der Waals surface area contributed by atoms with Crippen molar-refractivity contribution in [1.29, 1.82) is 0 Å². The minimum absolute atomic E-state index is 0.284. The van der Waals surface area contributed by atoms with E-state index in [1.165, 1.54) is 7.11 Å². The van der Waals surface area contributed by atoms with Gasteiger partial charge in [0, 0.05) is 28.7 Å². The number of fused-ring (bicyclic) bond motifs is 1. The molecule has 30 heavy (non-hydrogen) atoms. The van der Waals surface area contributed by atoms with Gasteiger partial charge in [0.15, 0.2) is 0 Å². The molecule has 1 aliphatic rings. The first-order valence-corrected chi connectivity index (χ1v) is 10.1. The van der Waals surface area contributed by atoms with Crippen LogP contribution in [0.2, 0.25) is 0 Å². The van der Waals surface area contributed by atoms with Crippen LogP contribution in [0.15, 0.2) is 47.5 Å². The van der Waals surface area contributed by atoms with E-state index in [1.54, 1.807) is 12.3 Å². The molecule has 2 aromatic heterocycles. The Morgan fingerprint density at radius 1 is 1.20 bits per heavy atom. The van der Waals surface area contributed by atoms with Crippen molar-refractivity contribution >= 4 is 45.9 Å². The third-order valence-electron chi connectivity index (χ3n) is 4.99. The van der Waals surface area contributed by atoms with Crippen LogP contribution in [0.4, 0.5) is 4.79 Å². The Kier molecular flexibility index (Phi) is 5.17. The molecule has 0 bridgehead atoms. The summed E-state index contributed by atoms with van der Waals surface area (Å²) >= 11 is 0.824. The lowest BCUT2D eigenvalue weighted by Gasteiger charge is -2.11. The Hall–Kier alpha value is -3.39. The number of pyridine rings is 1. The number of carbonyl (C=O) groups is 3. The molecule has 0 saturated carbocycles. The van der Waals surface area contributed by atoms with Crippen LogP contribution >= 0.6 is 11.8 Å². The van der Waals surface area contributed by atoms with Crippen LogP contribution < -0.4 is 0 Å². The summed E-state index contributed by atoms with van der Waals surface area (Å²) in [5.74, 6) is -1.13. The molecule has 3 heterocycles. The molecule has 2 amide bonds. The maximum Gasteiger partial charge on any atom is 0.325 e. The molecule has 4 rings (SSSR count). The highest BCUT2D eigenvalue weighted by molar-refractivity contribution is 8.18. The first kappa shape index (κ1) is 19.9. The Morgan fingerprint density at radius 3 is 2.77 bits per heavy atom. The number of methoxy groups -OCH3 is 1. The van der Waals surface area contributed by atoms with Crippen molar-refractivity contribution in [2.24, 2.45) is 0 Å². The molecule has 0 radical (unpaired) electrons. The van der Waals surface area contributed by atoms with Crippen LogP contribution in [0, 0.1) is 13.8 Å². The van der Waals surface area contributed by atoms with Crippen LogP contribution in [-0.4, -0.2) is 45.2 Å². The largest absolute Gasteiger partial charge is 0.468 e. The number of amides is 2. The van der Waals surface area contributed by atoms with Crippen molar-refractivity contribution < 1.29 is 19.1 Å². The molecule has 0 N–H and O–H groups in total. The lowest BCUT2D eigenvalue weighted by molar-refractivity contribution is -0.143. The van der Waals surface area contributed by atoms with Gasteiger partial charge in [0.2, 0.25) is 0 Å². The number of imide groups is 1. The lowest BCUT2D eigenvalue weighted by Crippen LogP contribution is -2.34. The van der Waals surface area contributed by atoms with E-state index in [0.717, 1.165) is 50.2 Å². The zero-order valence-corrected chi connectivity index (χ0v) is 17.5. The molecule has 152 valence electrons. The van der Waals surface area contributed by atoms with Gasteiger partial charge < -0.3 is 9.30 Å². The van der Waals surface area contributed by atoms with Gasteiger partial charge in [-0.15, -0.1) is 0 Å². The van der Waals surface area contributed by atoms with Crippen LogP contribution in [0.25, 0.3) is 22.7 Å². The number of aryl methyl sites for hydroxylation is 1. The first-order chi connectivity index (χ1) is 14.4. The summed E-state index contributed by atoms with van der Waals surface area (Å²) in [6.07, 6.45) is 3.46. The van der Waals surface area contributed by atoms with E-state index in [1.807, 2.05) is 44.2 Å². The van der Waals surface area contributed by atoms with E-state index in [0.29, 0.717) is 0 Å². The zero-order chi connectivity index (χ0) is 21.4. The summed E-state index contributed by atoms with van der Waals surface area (Å²) in [6, 6.07) is 11.9. The molecule has 1 fully saturated rings. The van der Waals surface area contributed by atoms with Gasteiger partial charge in [-0.25, -0.2) is 0 Å². The summed E-state index contributed by atoms with van der Waals surface area (Å²) in [4.78, 5) is 41.7. The second-order valence-corrected chi connectivity index (χ2v) is 7.88. The number of ether oxygens (including phenoxy) is 1. The van der Waals surface area contributed by atoms with Crippen molar-refractivity contribution in [2.75, 3.05) is 13.7 Å². The SMILES string of the molecule is COC(=O)CN1C(=O)SC(=Cc2cc(C)n(-c3ccc4ncccc4c3)c2C)C1=O. The van der Waals surface area contributed by atoms with Gasteiger partial charge in [-0.2, -0.15) is 0 Å². The summed E-state index contributed by atoms with van der Waals surface area (Å²) in [6.45, 7) is 3.56. The van der Waals surface area contributed by atoms with Gasteiger partial charge in [0.05, 0.1) is 17.5 Å². The van der Waals surface area contributed by atoms with Crippen LogP contribution in [0.5, 0.6) is 0 Å². The minimum Gasteiger partial charge on any atom is -0.468 e. The van der Waals surface area contributed by atoms with Crippen molar-refractivity contribution in [3.8, 4) is 5.69 Å². The number of rotatable bonds is 4. The Bertz CT molecular complexity index is 1230.